The summed E-state index contributed by atoms with van der Waals surface area (Å²) in [6, 6.07) is 2.20. The Kier molecular flexibility index (Phi) is 5.00. The molecule has 4 heteroatoms. The molecule has 0 fully saturated rings. The number of nitrogens with two attached hydrogens (primary N) is 1. The summed E-state index contributed by atoms with van der Waals surface area (Å²) in [6.07, 6.45) is 0. The highest BCUT2D eigenvalue weighted by atomic mass is 32.1. The number of rotatable bonds is 6. The van der Waals surface area contributed by atoms with Crippen molar-refractivity contribution in [1.29, 1.82) is 0 Å². The maximum Gasteiger partial charge on any atom is 0.0626 e. The van der Waals surface area contributed by atoms with Crippen molar-refractivity contribution in [2.24, 2.45) is 5.73 Å². The normalized spacial score (nSPS) is 13.1. The van der Waals surface area contributed by atoms with Crippen LogP contribution in [-0.4, -0.2) is 26.3 Å². The van der Waals surface area contributed by atoms with Crippen LogP contribution in [0.5, 0.6) is 0 Å². The van der Waals surface area contributed by atoms with Crippen LogP contribution in [0.1, 0.15) is 5.56 Å². The first-order chi connectivity index (χ1) is 6.33. The van der Waals surface area contributed by atoms with Gasteiger partial charge in [-0.25, -0.2) is 0 Å². The van der Waals surface area contributed by atoms with Gasteiger partial charge in [0, 0.05) is 26.2 Å². The van der Waals surface area contributed by atoms with E-state index in [1.54, 1.807) is 18.4 Å². The lowest BCUT2D eigenvalue weighted by Gasteiger charge is -2.10. The number of hydrogen-bond donors (Lipinski definition) is 2. The summed E-state index contributed by atoms with van der Waals surface area (Å²) in [5.74, 6) is 0. The van der Waals surface area contributed by atoms with Crippen molar-refractivity contribution in [3.05, 3.63) is 22.4 Å². The van der Waals surface area contributed by atoms with Gasteiger partial charge in [0.15, 0.2) is 0 Å². The molecule has 0 aliphatic rings. The van der Waals surface area contributed by atoms with Crippen LogP contribution in [0.15, 0.2) is 16.8 Å². The first-order valence-corrected chi connectivity index (χ1v) is 5.23. The molecular formula is C9H16N2OS. The molecule has 1 heterocycles. The second-order valence-electron chi connectivity index (χ2n) is 2.98. The minimum Gasteiger partial charge on any atom is -0.383 e. The summed E-state index contributed by atoms with van der Waals surface area (Å²) in [5, 5.41) is 7.48. The van der Waals surface area contributed by atoms with Crippen LogP contribution in [0.4, 0.5) is 0 Å². The molecule has 0 saturated heterocycles. The van der Waals surface area contributed by atoms with E-state index in [1.165, 1.54) is 5.56 Å². The molecule has 0 bridgehead atoms. The topological polar surface area (TPSA) is 47.3 Å². The van der Waals surface area contributed by atoms with Gasteiger partial charge in [0.05, 0.1) is 6.61 Å². The van der Waals surface area contributed by atoms with Crippen LogP contribution in [0.25, 0.3) is 0 Å². The summed E-state index contributed by atoms with van der Waals surface area (Å²) in [6.45, 7) is 2.29. The van der Waals surface area contributed by atoms with Crippen LogP contribution in [0, 0.1) is 0 Å². The van der Waals surface area contributed by atoms with Crippen LogP contribution >= 0.6 is 11.3 Å². The van der Waals surface area contributed by atoms with E-state index in [1.807, 2.05) is 0 Å². The first-order valence-electron chi connectivity index (χ1n) is 4.29. The minimum atomic E-state index is 0.0867. The highest BCUT2D eigenvalue weighted by Gasteiger charge is 2.00. The SMILES string of the molecule is COCC(N)CNCc1ccsc1. The van der Waals surface area contributed by atoms with E-state index < -0.39 is 0 Å². The molecule has 0 saturated carbocycles. The van der Waals surface area contributed by atoms with E-state index in [4.69, 9.17) is 10.5 Å². The fraction of sp³-hybridized carbons (Fsp3) is 0.556. The van der Waals surface area contributed by atoms with Gasteiger partial charge in [-0.15, -0.1) is 0 Å². The summed E-state index contributed by atoms with van der Waals surface area (Å²) in [4.78, 5) is 0. The van der Waals surface area contributed by atoms with Crippen LogP contribution in [-0.2, 0) is 11.3 Å². The highest BCUT2D eigenvalue weighted by molar-refractivity contribution is 7.07. The zero-order chi connectivity index (χ0) is 9.52. The third-order valence-electron chi connectivity index (χ3n) is 1.70. The summed E-state index contributed by atoms with van der Waals surface area (Å²) in [7, 11) is 1.67. The van der Waals surface area contributed by atoms with E-state index in [9.17, 15) is 0 Å². The fourth-order valence-electron chi connectivity index (χ4n) is 1.07. The van der Waals surface area contributed by atoms with E-state index >= 15 is 0 Å². The molecule has 1 atom stereocenters. The molecule has 74 valence electrons. The average Bonchev–Trinajstić information content (AvgIpc) is 2.57. The molecule has 3 N–H and O–H groups in total. The van der Waals surface area contributed by atoms with E-state index in [2.05, 4.69) is 22.1 Å². The molecule has 1 aromatic rings. The van der Waals surface area contributed by atoms with Crippen molar-refractivity contribution in [3.8, 4) is 0 Å². The number of ether oxygens (including phenoxy) is 1. The average molecular weight is 200 g/mol. The Morgan fingerprint density at radius 3 is 3.15 bits per heavy atom. The molecule has 0 amide bonds. The molecule has 0 aliphatic heterocycles. The Morgan fingerprint density at radius 2 is 2.54 bits per heavy atom. The third-order valence-corrected chi connectivity index (χ3v) is 2.43. The van der Waals surface area contributed by atoms with Gasteiger partial charge < -0.3 is 15.8 Å². The lowest BCUT2D eigenvalue weighted by atomic mass is 10.3. The molecule has 1 unspecified atom stereocenters. The molecule has 3 nitrogen and oxygen atoms in total. The quantitative estimate of drug-likeness (QED) is 0.714. The zero-order valence-electron chi connectivity index (χ0n) is 7.82. The Bertz CT molecular complexity index is 213. The zero-order valence-corrected chi connectivity index (χ0v) is 8.64. The second-order valence-corrected chi connectivity index (χ2v) is 3.76. The number of thiophene rings is 1. The summed E-state index contributed by atoms with van der Waals surface area (Å²) >= 11 is 1.71. The van der Waals surface area contributed by atoms with E-state index in [-0.39, 0.29) is 6.04 Å². The van der Waals surface area contributed by atoms with Gasteiger partial charge in [-0.2, -0.15) is 11.3 Å². The van der Waals surface area contributed by atoms with Crippen molar-refractivity contribution in [1.82, 2.24) is 5.32 Å². The number of nitrogens with one attached hydrogen (secondary N) is 1. The Balaban J connectivity index is 2.07. The molecule has 0 aliphatic carbocycles. The smallest absolute Gasteiger partial charge is 0.0626 e. The van der Waals surface area contributed by atoms with Crippen molar-refractivity contribution in [2.75, 3.05) is 20.3 Å². The van der Waals surface area contributed by atoms with Crippen LogP contribution in [0.3, 0.4) is 0 Å². The van der Waals surface area contributed by atoms with Crippen molar-refractivity contribution in [2.45, 2.75) is 12.6 Å². The van der Waals surface area contributed by atoms with Gasteiger partial charge in [-0.05, 0) is 22.4 Å². The summed E-state index contributed by atoms with van der Waals surface area (Å²) in [5.41, 5.74) is 7.05. The molecule has 0 aromatic carbocycles. The molecule has 0 radical (unpaired) electrons. The first kappa shape index (κ1) is 10.7. The van der Waals surface area contributed by atoms with Gasteiger partial charge in [0.1, 0.15) is 0 Å². The predicted molar refractivity (Wildman–Crippen MR) is 55.9 cm³/mol. The number of hydrogen-bond acceptors (Lipinski definition) is 4. The van der Waals surface area contributed by atoms with E-state index in [0.717, 1.165) is 13.1 Å². The standard InChI is InChI=1S/C9H16N2OS/c1-12-6-9(10)5-11-4-8-2-3-13-7-8/h2-3,7,9,11H,4-6,10H2,1H3. The molecule has 0 spiro atoms. The Labute approximate surface area is 82.9 Å². The van der Waals surface area contributed by atoms with Crippen LogP contribution < -0.4 is 11.1 Å². The second kappa shape index (κ2) is 6.10. The molecular weight excluding hydrogens is 184 g/mol. The predicted octanol–water partition coefficient (Wildman–Crippen LogP) is 0.811. The van der Waals surface area contributed by atoms with Crippen molar-refractivity contribution in [3.63, 3.8) is 0 Å². The maximum atomic E-state index is 5.74. The van der Waals surface area contributed by atoms with Gasteiger partial charge in [0.25, 0.3) is 0 Å². The van der Waals surface area contributed by atoms with Gasteiger partial charge in [-0.3, -0.25) is 0 Å². The van der Waals surface area contributed by atoms with Gasteiger partial charge in [0.2, 0.25) is 0 Å². The highest BCUT2D eigenvalue weighted by Crippen LogP contribution is 2.04. The maximum absolute atomic E-state index is 5.74. The fourth-order valence-corrected chi connectivity index (χ4v) is 1.74. The van der Waals surface area contributed by atoms with Gasteiger partial charge >= 0.3 is 0 Å². The Hall–Kier alpha value is -0.420. The monoisotopic (exact) mass is 200 g/mol. The van der Waals surface area contributed by atoms with Crippen molar-refractivity contribution >= 4 is 11.3 Å². The van der Waals surface area contributed by atoms with Crippen LogP contribution in [0.2, 0.25) is 0 Å². The minimum absolute atomic E-state index is 0.0867. The number of methoxy groups -OCH3 is 1. The van der Waals surface area contributed by atoms with Crippen molar-refractivity contribution < 1.29 is 4.74 Å². The van der Waals surface area contributed by atoms with E-state index in [0.29, 0.717) is 6.61 Å². The molecule has 1 aromatic heterocycles. The summed E-state index contributed by atoms with van der Waals surface area (Å²) < 4.78 is 4.93. The van der Waals surface area contributed by atoms with Gasteiger partial charge in [-0.1, -0.05) is 0 Å². The molecule has 13 heavy (non-hydrogen) atoms. The molecule has 1 rings (SSSR count). The third kappa shape index (κ3) is 4.38. The Morgan fingerprint density at radius 1 is 1.69 bits per heavy atom. The largest absolute Gasteiger partial charge is 0.383 e. The lowest BCUT2D eigenvalue weighted by molar-refractivity contribution is 0.179. The lowest BCUT2D eigenvalue weighted by Crippen LogP contribution is -2.36.